The number of hydrogen-bond donors (Lipinski definition) is 1. The van der Waals surface area contributed by atoms with Gasteiger partial charge in [-0.1, -0.05) is 164 Å². The van der Waals surface area contributed by atoms with Gasteiger partial charge < -0.3 is 5.11 Å². The number of nitrogens with zero attached hydrogens (tertiary/aromatic N) is 3. The molecule has 312 valence electrons. The van der Waals surface area contributed by atoms with Gasteiger partial charge in [0.25, 0.3) is 0 Å². The van der Waals surface area contributed by atoms with Gasteiger partial charge in [0.1, 0.15) is 11.6 Å². The van der Waals surface area contributed by atoms with E-state index in [1.807, 2.05) is 12.1 Å². The van der Waals surface area contributed by atoms with Crippen molar-refractivity contribution < 1.29 is 33.0 Å². The molecule has 0 atom stereocenters. The van der Waals surface area contributed by atoms with Crippen LogP contribution in [0.15, 0.2) is 140 Å². The molecule has 0 aliphatic rings. The maximum atomic E-state index is 12.2. The minimum absolute atomic E-state index is 0. The van der Waals surface area contributed by atoms with Crippen molar-refractivity contribution in [2.45, 2.75) is 86.0 Å². The second-order valence-corrected chi connectivity index (χ2v) is 17.9. The van der Waals surface area contributed by atoms with E-state index in [9.17, 15) is 5.11 Å². The molecule has 0 amide bonds. The predicted octanol–water partition coefficient (Wildman–Crippen LogP) is 15.0. The van der Waals surface area contributed by atoms with Crippen molar-refractivity contribution in [1.29, 1.82) is 0 Å². The zero-order chi connectivity index (χ0) is 46.6. The number of rotatable bonds is 10. The van der Waals surface area contributed by atoms with Gasteiger partial charge in [-0.05, 0) is 98.9 Å². The quantitative estimate of drug-likeness (QED) is 0.139. The van der Waals surface area contributed by atoms with E-state index < -0.39 is 6.04 Å². The first-order valence-electron chi connectivity index (χ1n) is 23.5. The molecule has 0 saturated heterocycles. The number of aromatic hydroxyl groups is 1. The fourth-order valence-corrected chi connectivity index (χ4v) is 8.02. The summed E-state index contributed by atoms with van der Waals surface area (Å²) in [5, 5.41) is 12.2. The first-order valence-corrected chi connectivity index (χ1v) is 21.0. The number of benzene rings is 6. The van der Waals surface area contributed by atoms with Gasteiger partial charge in [-0.15, -0.1) is 29.3 Å². The SMILES string of the molecule is [2H]c1c([2H])c([2H])c(-c2ccnc(-c3[c-]c(-c4cccc5c4nc(-c4cc(C(C)C)cc(C(C)C)c4O)n5-c4ccc(-c5ccccc5)c(CC(C)C)c4)cc(C(C)(C)C)c3)c2)c([2H])c1[2H].[Pt]. The number of fused-ring (bicyclic) bond motifs is 1. The number of para-hydroxylation sites is 1. The summed E-state index contributed by atoms with van der Waals surface area (Å²) in [4.78, 5) is 10.3. The molecule has 0 fully saturated rings. The number of phenolic OH excluding ortho intramolecular Hbond substituents is 1. The zero-order valence-electron chi connectivity index (χ0n) is 41.4. The summed E-state index contributed by atoms with van der Waals surface area (Å²) < 4.78 is 44.3. The first kappa shape index (κ1) is 37.2. The molecule has 0 bridgehead atoms. The molecule has 61 heavy (non-hydrogen) atoms. The molecule has 8 rings (SSSR count). The molecule has 0 aliphatic heterocycles. The summed E-state index contributed by atoms with van der Waals surface area (Å²) in [6, 6.07) is 37.2. The topological polar surface area (TPSA) is 50.9 Å². The van der Waals surface area contributed by atoms with Crippen LogP contribution in [0.4, 0.5) is 0 Å². The van der Waals surface area contributed by atoms with Gasteiger partial charge in [-0.3, -0.25) is 9.55 Å². The van der Waals surface area contributed by atoms with E-state index in [0.29, 0.717) is 34.1 Å². The fourth-order valence-electron chi connectivity index (χ4n) is 8.02. The third-order valence-electron chi connectivity index (χ3n) is 11.3. The Labute approximate surface area is 384 Å². The molecule has 0 radical (unpaired) electrons. The average Bonchev–Trinajstić information content (AvgIpc) is 3.67. The molecule has 6 aromatic carbocycles. The number of aromatic nitrogens is 3. The van der Waals surface area contributed by atoms with Crippen LogP contribution >= 0.6 is 0 Å². The molecule has 5 heteroatoms. The van der Waals surface area contributed by atoms with E-state index >= 15 is 0 Å². The average molecular weight is 987 g/mol. The zero-order valence-corrected chi connectivity index (χ0v) is 38.7. The van der Waals surface area contributed by atoms with E-state index in [4.69, 9.17) is 16.8 Å². The summed E-state index contributed by atoms with van der Waals surface area (Å²) in [5.74, 6) is 1.55. The smallest absolute Gasteiger partial charge is 0.148 e. The standard InChI is InChI=1S/C56H56N3O.Pt/c1-35(2)27-42-31-46(23-24-47(42)39-19-14-11-15-20-39)59-52-22-16-21-48(53(52)58-55(59)50-33-41(36(3)4)32-49(37(5)6)54(50)60)43-28-44(30-45(29-43)56(7,8)9)51-34-40(25-26-57-51)38-17-12-10-13-18-38;/h10-26,29-37,60H,27H2,1-9H3;/q-1;/i10D,12D,13D,17D,18D;. The molecule has 0 unspecified atom stereocenters. The third kappa shape index (κ3) is 8.93. The maximum absolute atomic E-state index is 12.2. The van der Waals surface area contributed by atoms with Crippen LogP contribution in [0.2, 0.25) is 0 Å². The van der Waals surface area contributed by atoms with Gasteiger partial charge in [0.2, 0.25) is 0 Å². The van der Waals surface area contributed by atoms with E-state index in [0.717, 1.165) is 56.5 Å². The predicted molar refractivity (Wildman–Crippen MR) is 252 cm³/mol. The molecular formula is C56H56N3OPt-. The Bertz CT molecular complexity index is 3090. The van der Waals surface area contributed by atoms with E-state index in [2.05, 4.69) is 152 Å². The summed E-state index contributed by atoms with van der Waals surface area (Å²) in [6.45, 7) is 19.5. The van der Waals surface area contributed by atoms with Gasteiger partial charge in [-0.2, -0.15) is 0 Å². The van der Waals surface area contributed by atoms with Crippen molar-refractivity contribution in [3.63, 3.8) is 0 Å². The van der Waals surface area contributed by atoms with Crippen LogP contribution in [0.1, 0.15) is 103 Å². The molecular weight excluding hydrogens is 926 g/mol. The van der Waals surface area contributed by atoms with Crippen LogP contribution in [0.5, 0.6) is 5.75 Å². The Balaban J connectivity index is 0.00000648. The number of hydrogen-bond acceptors (Lipinski definition) is 3. The van der Waals surface area contributed by atoms with Crippen LogP contribution in [-0.4, -0.2) is 19.6 Å². The van der Waals surface area contributed by atoms with Crippen LogP contribution in [0.25, 0.3) is 72.7 Å². The van der Waals surface area contributed by atoms with E-state index in [-0.39, 0.29) is 73.8 Å². The summed E-state index contributed by atoms with van der Waals surface area (Å²) in [7, 11) is 0. The van der Waals surface area contributed by atoms with E-state index in [1.165, 1.54) is 11.1 Å². The number of imidazole rings is 1. The molecule has 4 nitrogen and oxygen atoms in total. The Morgan fingerprint density at radius 1 is 0.705 bits per heavy atom. The summed E-state index contributed by atoms with van der Waals surface area (Å²) in [5.41, 5.74) is 13.0. The molecule has 2 aromatic heterocycles. The van der Waals surface area contributed by atoms with Crippen molar-refractivity contribution in [2.75, 3.05) is 0 Å². The van der Waals surface area contributed by atoms with Crippen molar-refractivity contribution in [3.8, 4) is 67.5 Å². The van der Waals surface area contributed by atoms with Crippen LogP contribution in [-0.2, 0) is 32.9 Å². The van der Waals surface area contributed by atoms with Crippen molar-refractivity contribution in [2.24, 2.45) is 5.92 Å². The van der Waals surface area contributed by atoms with Crippen LogP contribution in [0.3, 0.4) is 0 Å². The third-order valence-corrected chi connectivity index (χ3v) is 11.3. The Morgan fingerprint density at radius 3 is 2.13 bits per heavy atom. The largest absolute Gasteiger partial charge is 0.507 e. The monoisotopic (exact) mass is 986 g/mol. The van der Waals surface area contributed by atoms with E-state index in [1.54, 1.807) is 18.3 Å². The second kappa shape index (κ2) is 17.8. The maximum Gasteiger partial charge on any atom is 0.148 e. The molecule has 2 heterocycles. The molecule has 0 aliphatic carbocycles. The molecule has 1 N–H and O–H groups in total. The van der Waals surface area contributed by atoms with Crippen LogP contribution < -0.4 is 0 Å². The summed E-state index contributed by atoms with van der Waals surface area (Å²) >= 11 is 0. The number of phenols is 1. The molecule has 0 saturated carbocycles. The van der Waals surface area contributed by atoms with Crippen molar-refractivity contribution >= 4 is 11.0 Å². The number of pyridine rings is 1. The Hall–Kier alpha value is -5.57. The molecule has 0 spiro atoms. The van der Waals surface area contributed by atoms with Gasteiger partial charge in [0.05, 0.1) is 23.5 Å². The van der Waals surface area contributed by atoms with Crippen LogP contribution in [0, 0.1) is 12.0 Å². The Morgan fingerprint density at radius 2 is 1.44 bits per heavy atom. The van der Waals surface area contributed by atoms with Crippen molar-refractivity contribution in [1.82, 2.24) is 14.5 Å². The fraction of sp³-hybridized carbons (Fsp3) is 0.250. The van der Waals surface area contributed by atoms with Gasteiger partial charge in [-0.25, -0.2) is 4.98 Å². The second-order valence-electron chi connectivity index (χ2n) is 17.9. The normalized spacial score (nSPS) is 13.0. The minimum Gasteiger partial charge on any atom is -0.507 e. The molecule has 8 aromatic rings. The minimum atomic E-state index is -0.433. The van der Waals surface area contributed by atoms with Gasteiger partial charge in [0, 0.05) is 38.6 Å². The van der Waals surface area contributed by atoms with Crippen molar-refractivity contribution in [3.05, 3.63) is 168 Å². The first-order chi connectivity index (χ1) is 30.8. The van der Waals surface area contributed by atoms with Gasteiger partial charge in [0.15, 0.2) is 0 Å². The summed E-state index contributed by atoms with van der Waals surface area (Å²) in [6.07, 6.45) is 2.48. The van der Waals surface area contributed by atoms with Gasteiger partial charge >= 0.3 is 0 Å². The Kier molecular flexibility index (Phi) is 10.9.